The van der Waals surface area contributed by atoms with Crippen LogP contribution in [0.4, 0.5) is 5.69 Å². The number of anilines is 1. The number of carbonyl (C=O) groups excluding carboxylic acids is 1. The number of carbonyl (C=O) groups is 1. The summed E-state index contributed by atoms with van der Waals surface area (Å²) < 4.78 is 5.13. The molecule has 1 aromatic rings. The Labute approximate surface area is 105 Å². The minimum Gasteiger partial charge on any atom is -0.484 e. The molecule has 0 atom stereocenters. The fraction of sp³-hybridized carbons (Fsp3) is 0.417. The van der Waals surface area contributed by atoms with Crippen molar-refractivity contribution in [3.05, 3.63) is 29.2 Å². The summed E-state index contributed by atoms with van der Waals surface area (Å²) in [5, 5.41) is 5.56. The summed E-state index contributed by atoms with van der Waals surface area (Å²) in [7, 11) is 0. The van der Waals surface area contributed by atoms with E-state index in [0.717, 1.165) is 31.9 Å². The summed E-state index contributed by atoms with van der Waals surface area (Å²) >= 11 is 0. The normalized spacial score (nSPS) is 15.2. The first-order valence-electron chi connectivity index (χ1n) is 5.84. The van der Waals surface area contributed by atoms with Crippen molar-refractivity contribution >= 4 is 11.6 Å². The predicted molar refractivity (Wildman–Crippen MR) is 67.8 cm³/mol. The van der Waals surface area contributed by atoms with E-state index in [4.69, 9.17) is 4.74 Å². The number of nitroso groups, excluding NO2 is 1. The minimum atomic E-state index is -0.804. The quantitative estimate of drug-likeness (QED) is 0.798. The average molecular weight is 249 g/mol. The molecule has 0 aromatic heterocycles. The van der Waals surface area contributed by atoms with Crippen LogP contribution in [0.25, 0.3) is 0 Å². The molecule has 18 heavy (non-hydrogen) atoms. The van der Waals surface area contributed by atoms with Crippen molar-refractivity contribution in [3.63, 3.8) is 0 Å². The maximum absolute atomic E-state index is 10.7. The van der Waals surface area contributed by atoms with Crippen LogP contribution < -0.4 is 15.0 Å². The second-order valence-corrected chi connectivity index (χ2v) is 4.00. The number of nitrogens with one attached hydrogen (secondary N) is 1. The molecule has 1 fully saturated rings. The lowest BCUT2D eigenvalue weighted by Gasteiger charge is -2.29. The molecule has 1 N–H and O–H groups in total. The lowest BCUT2D eigenvalue weighted by molar-refractivity contribution is -0.119. The summed E-state index contributed by atoms with van der Waals surface area (Å²) in [6.07, 6.45) is 0. The zero-order valence-electron chi connectivity index (χ0n) is 9.96. The summed E-state index contributed by atoms with van der Waals surface area (Å²) in [6.45, 7) is 3.62. The van der Waals surface area contributed by atoms with Crippen LogP contribution in [0.15, 0.2) is 29.4 Å². The van der Waals surface area contributed by atoms with Gasteiger partial charge in [0.15, 0.2) is 6.61 Å². The molecule has 6 nitrogen and oxygen atoms in total. The smallest absolute Gasteiger partial charge is 0.323 e. The van der Waals surface area contributed by atoms with Gasteiger partial charge in [-0.1, -0.05) is 0 Å². The summed E-state index contributed by atoms with van der Waals surface area (Å²) in [6, 6.07) is 7.46. The van der Waals surface area contributed by atoms with Gasteiger partial charge in [0, 0.05) is 37.0 Å². The van der Waals surface area contributed by atoms with Crippen LogP contribution >= 0.6 is 0 Å². The van der Waals surface area contributed by atoms with Crippen LogP contribution in [-0.4, -0.2) is 38.7 Å². The third-order valence-corrected chi connectivity index (χ3v) is 2.78. The van der Waals surface area contributed by atoms with Crippen molar-refractivity contribution < 1.29 is 9.53 Å². The molecule has 0 spiro atoms. The van der Waals surface area contributed by atoms with Gasteiger partial charge in [-0.15, -0.1) is 4.91 Å². The minimum absolute atomic E-state index is 0.309. The average Bonchev–Trinajstić information content (AvgIpc) is 2.46. The van der Waals surface area contributed by atoms with Crippen molar-refractivity contribution in [2.45, 2.75) is 0 Å². The van der Waals surface area contributed by atoms with Crippen LogP contribution in [0.3, 0.4) is 0 Å². The van der Waals surface area contributed by atoms with E-state index in [1.54, 1.807) is 12.1 Å². The van der Waals surface area contributed by atoms with Crippen LogP contribution in [-0.2, 0) is 4.79 Å². The van der Waals surface area contributed by atoms with Crippen molar-refractivity contribution in [3.8, 4) is 5.75 Å². The summed E-state index contributed by atoms with van der Waals surface area (Å²) in [4.78, 5) is 22.9. The maximum atomic E-state index is 10.7. The van der Waals surface area contributed by atoms with Gasteiger partial charge in [0.2, 0.25) is 0 Å². The third-order valence-electron chi connectivity index (χ3n) is 2.78. The highest BCUT2D eigenvalue weighted by atomic mass is 16.5. The number of hydrogen-bond donors (Lipinski definition) is 1. The second-order valence-electron chi connectivity index (χ2n) is 4.00. The van der Waals surface area contributed by atoms with E-state index in [2.05, 4.69) is 15.4 Å². The highest BCUT2D eigenvalue weighted by Crippen LogP contribution is 2.19. The van der Waals surface area contributed by atoms with Gasteiger partial charge in [0.05, 0.1) is 0 Å². The number of nitrogens with zero attached hydrogens (tertiary/aromatic N) is 2. The van der Waals surface area contributed by atoms with Gasteiger partial charge in [-0.3, -0.25) is 4.79 Å². The van der Waals surface area contributed by atoms with Crippen molar-refractivity contribution in [2.75, 3.05) is 37.7 Å². The Balaban J connectivity index is 1.92. The number of benzene rings is 1. The largest absolute Gasteiger partial charge is 0.484 e. The van der Waals surface area contributed by atoms with E-state index in [-0.39, 0.29) is 6.61 Å². The Morgan fingerprint density at radius 1 is 1.28 bits per heavy atom. The zero-order valence-corrected chi connectivity index (χ0v) is 9.96. The maximum Gasteiger partial charge on any atom is 0.323 e. The molecule has 0 saturated carbocycles. The SMILES string of the molecule is O=NC(=O)COc1ccc(N2CCNCC2)cc1. The molecular weight excluding hydrogens is 234 g/mol. The van der Waals surface area contributed by atoms with Crippen LogP contribution in [0.2, 0.25) is 0 Å². The highest BCUT2D eigenvalue weighted by molar-refractivity contribution is 5.78. The topological polar surface area (TPSA) is 71.0 Å². The molecule has 96 valence electrons. The Bertz CT molecular complexity index is 413. The molecule has 1 aliphatic rings. The number of ether oxygens (including phenoxy) is 1. The molecule has 0 bridgehead atoms. The molecule has 2 rings (SSSR count). The lowest BCUT2D eigenvalue weighted by atomic mass is 10.2. The van der Waals surface area contributed by atoms with Gasteiger partial charge < -0.3 is 15.0 Å². The molecule has 1 aliphatic heterocycles. The van der Waals surface area contributed by atoms with E-state index < -0.39 is 5.91 Å². The van der Waals surface area contributed by atoms with Crippen LogP contribution in [0.1, 0.15) is 0 Å². The van der Waals surface area contributed by atoms with Crippen molar-refractivity contribution in [2.24, 2.45) is 5.18 Å². The van der Waals surface area contributed by atoms with E-state index in [0.29, 0.717) is 5.75 Å². The van der Waals surface area contributed by atoms with Crippen molar-refractivity contribution in [1.29, 1.82) is 0 Å². The Morgan fingerprint density at radius 3 is 2.56 bits per heavy atom. The van der Waals surface area contributed by atoms with Gasteiger partial charge in [-0.2, -0.15) is 0 Å². The Kier molecular flexibility index (Phi) is 4.25. The van der Waals surface area contributed by atoms with Gasteiger partial charge >= 0.3 is 5.91 Å². The van der Waals surface area contributed by atoms with Gasteiger partial charge in [-0.25, -0.2) is 0 Å². The molecular formula is C12H15N3O3. The zero-order chi connectivity index (χ0) is 12.8. The number of rotatable bonds is 4. The molecule has 0 unspecified atom stereocenters. The van der Waals surface area contributed by atoms with Crippen molar-refractivity contribution in [1.82, 2.24) is 5.32 Å². The van der Waals surface area contributed by atoms with Crippen LogP contribution in [0, 0.1) is 4.91 Å². The van der Waals surface area contributed by atoms with Gasteiger partial charge in [0.1, 0.15) is 5.75 Å². The lowest BCUT2D eigenvalue weighted by Crippen LogP contribution is -2.43. The molecule has 0 aliphatic carbocycles. The predicted octanol–water partition coefficient (Wildman–Crippen LogP) is 0.768. The van der Waals surface area contributed by atoms with E-state index in [1.807, 2.05) is 12.1 Å². The highest BCUT2D eigenvalue weighted by Gasteiger charge is 2.10. The molecule has 0 radical (unpaired) electrons. The number of amides is 1. The Morgan fingerprint density at radius 2 is 1.94 bits per heavy atom. The van der Waals surface area contributed by atoms with E-state index >= 15 is 0 Å². The van der Waals surface area contributed by atoms with Crippen LogP contribution in [0.5, 0.6) is 5.75 Å². The monoisotopic (exact) mass is 249 g/mol. The fourth-order valence-corrected chi connectivity index (χ4v) is 1.85. The molecule has 6 heteroatoms. The first-order chi connectivity index (χ1) is 8.79. The molecule has 1 heterocycles. The fourth-order valence-electron chi connectivity index (χ4n) is 1.85. The van der Waals surface area contributed by atoms with Gasteiger partial charge in [0.25, 0.3) is 0 Å². The summed E-state index contributed by atoms with van der Waals surface area (Å²) in [5.41, 5.74) is 1.13. The molecule has 1 saturated heterocycles. The third kappa shape index (κ3) is 3.27. The molecule has 1 amide bonds. The molecule has 1 aromatic carbocycles. The Hall–Kier alpha value is -1.95. The second kappa shape index (κ2) is 6.11. The van der Waals surface area contributed by atoms with Gasteiger partial charge in [-0.05, 0) is 24.3 Å². The summed E-state index contributed by atoms with van der Waals surface area (Å²) in [5.74, 6) is -0.243. The van der Waals surface area contributed by atoms with E-state index in [1.165, 1.54) is 0 Å². The first-order valence-corrected chi connectivity index (χ1v) is 5.84. The first kappa shape index (κ1) is 12.5. The van der Waals surface area contributed by atoms with E-state index in [9.17, 15) is 9.70 Å². The number of hydrogen-bond acceptors (Lipinski definition) is 5. The number of piperazine rings is 1. The standard InChI is InChI=1S/C12H15N3O3/c16-12(14-17)9-18-11-3-1-10(2-4-11)15-7-5-13-6-8-15/h1-4,13H,5-9H2.